The Morgan fingerprint density at radius 3 is 2.86 bits per heavy atom. The highest BCUT2D eigenvalue weighted by molar-refractivity contribution is 5.83. The van der Waals surface area contributed by atoms with E-state index in [9.17, 15) is 4.79 Å². The van der Waals surface area contributed by atoms with E-state index in [1.807, 2.05) is 0 Å². The van der Waals surface area contributed by atoms with Crippen LogP contribution < -0.4 is 5.43 Å². The fourth-order valence-corrected chi connectivity index (χ4v) is 0.713. The fourth-order valence-electron chi connectivity index (χ4n) is 0.713. The summed E-state index contributed by atoms with van der Waals surface area (Å²) in [5.41, 5.74) is 3.02. The Balaban J connectivity index is 2.46. The van der Waals surface area contributed by atoms with E-state index in [1.54, 1.807) is 24.5 Å². The minimum Gasteiger partial charge on any atom is -0.383 e. The molecule has 5 heteroatoms. The van der Waals surface area contributed by atoms with Crippen LogP contribution in [0.3, 0.4) is 0 Å². The molecule has 74 valence electrons. The van der Waals surface area contributed by atoms with Gasteiger partial charge in [-0.1, -0.05) is 0 Å². The van der Waals surface area contributed by atoms with Crippen molar-refractivity contribution in [2.75, 3.05) is 0 Å². The molecule has 1 amide bonds. The monoisotopic (exact) mass is 193 g/mol. The lowest BCUT2D eigenvalue weighted by Gasteiger charge is -2.00. The van der Waals surface area contributed by atoms with Crippen LogP contribution in [0.2, 0.25) is 0 Å². The maximum absolute atomic E-state index is 10.8. The number of amides is 1. The molecule has 14 heavy (non-hydrogen) atoms. The third-order valence-electron chi connectivity index (χ3n) is 1.47. The van der Waals surface area contributed by atoms with Crippen LogP contribution in [0.1, 0.15) is 12.5 Å². The fraction of sp³-hybridized carbons (Fsp3) is 0.222. The maximum atomic E-state index is 10.8. The van der Waals surface area contributed by atoms with Gasteiger partial charge in [0.05, 0.1) is 6.21 Å². The second kappa shape index (κ2) is 5.08. The van der Waals surface area contributed by atoms with Gasteiger partial charge in [-0.3, -0.25) is 9.78 Å². The summed E-state index contributed by atoms with van der Waals surface area (Å²) < 4.78 is 0. The molecule has 1 rings (SSSR count). The molecule has 1 aromatic rings. The van der Waals surface area contributed by atoms with Gasteiger partial charge in [-0.05, 0) is 24.6 Å². The molecule has 0 saturated heterocycles. The van der Waals surface area contributed by atoms with E-state index in [1.165, 1.54) is 13.1 Å². The van der Waals surface area contributed by atoms with E-state index in [0.29, 0.717) is 0 Å². The summed E-state index contributed by atoms with van der Waals surface area (Å²) in [6, 6.07) is 3.50. The van der Waals surface area contributed by atoms with Gasteiger partial charge in [0.15, 0.2) is 0 Å². The number of hydrogen-bond donors (Lipinski definition) is 2. The molecule has 0 saturated carbocycles. The van der Waals surface area contributed by atoms with Crippen molar-refractivity contribution in [2.24, 2.45) is 5.10 Å². The summed E-state index contributed by atoms with van der Waals surface area (Å²) in [7, 11) is 0. The van der Waals surface area contributed by atoms with Crippen molar-refractivity contribution < 1.29 is 9.90 Å². The highest BCUT2D eigenvalue weighted by atomic mass is 16.3. The number of aliphatic hydroxyl groups is 1. The number of rotatable bonds is 3. The standard InChI is InChI=1S/C9H11N3O2/c1-7(13)9(14)12-11-6-8-2-4-10-5-3-8/h2-7,13H,1H3,(H,12,14). The second-order valence-electron chi connectivity index (χ2n) is 2.69. The van der Waals surface area contributed by atoms with Crippen LogP contribution in [0.4, 0.5) is 0 Å². The Morgan fingerprint density at radius 2 is 2.29 bits per heavy atom. The number of nitrogens with zero attached hydrogens (tertiary/aromatic N) is 2. The predicted octanol–water partition coefficient (Wildman–Crippen LogP) is -0.0875. The van der Waals surface area contributed by atoms with Crippen LogP contribution in [0.5, 0.6) is 0 Å². The molecule has 2 N–H and O–H groups in total. The Hall–Kier alpha value is -1.75. The van der Waals surface area contributed by atoms with Gasteiger partial charge in [0.1, 0.15) is 6.10 Å². The third kappa shape index (κ3) is 3.32. The van der Waals surface area contributed by atoms with Gasteiger partial charge >= 0.3 is 0 Å². The lowest BCUT2D eigenvalue weighted by atomic mass is 10.3. The van der Waals surface area contributed by atoms with Gasteiger partial charge in [-0.15, -0.1) is 0 Å². The molecule has 0 aliphatic carbocycles. The average Bonchev–Trinajstić information content (AvgIpc) is 2.19. The van der Waals surface area contributed by atoms with Gasteiger partial charge in [-0.25, -0.2) is 5.43 Å². The number of hydrogen-bond acceptors (Lipinski definition) is 4. The van der Waals surface area contributed by atoms with Crippen LogP contribution in [-0.4, -0.2) is 28.3 Å². The highest BCUT2D eigenvalue weighted by Gasteiger charge is 2.05. The molecular weight excluding hydrogens is 182 g/mol. The van der Waals surface area contributed by atoms with Crippen LogP contribution in [-0.2, 0) is 4.79 Å². The van der Waals surface area contributed by atoms with E-state index in [4.69, 9.17) is 5.11 Å². The normalized spacial score (nSPS) is 12.7. The quantitative estimate of drug-likeness (QED) is 0.520. The first-order valence-electron chi connectivity index (χ1n) is 4.11. The van der Waals surface area contributed by atoms with Crippen molar-refractivity contribution in [1.82, 2.24) is 10.4 Å². The molecule has 0 aliphatic rings. The Kier molecular flexibility index (Phi) is 3.75. The topological polar surface area (TPSA) is 74.6 Å². The van der Waals surface area contributed by atoms with E-state index < -0.39 is 12.0 Å². The molecule has 1 unspecified atom stereocenters. The molecular formula is C9H11N3O2. The first-order valence-corrected chi connectivity index (χ1v) is 4.11. The smallest absolute Gasteiger partial charge is 0.268 e. The largest absolute Gasteiger partial charge is 0.383 e. The molecule has 0 fully saturated rings. The van der Waals surface area contributed by atoms with Crippen molar-refractivity contribution in [2.45, 2.75) is 13.0 Å². The van der Waals surface area contributed by atoms with Gasteiger partial charge in [0.25, 0.3) is 5.91 Å². The summed E-state index contributed by atoms with van der Waals surface area (Å²) >= 11 is 0. The summed E-state index contributed by atoms with van der Waals surface area (Å²) in [6.07, 6.45) is 3.67. The van der Waals surface area contributed by atoms with Crippen molar-refractivity contribution in [3.8, 4) is 0 Å². The highest BCUT2D eigenvalue weighted by Crippen LogP contribution is 1.90. The van der Waals surface area contributed by atoms with Crippen LogP contribution >= 0.6 is 0 Å². The van der Waals surface area contributed by atoms with Crippen LogP contribution in [0.25, 0.3) is 0 Å². The van der Waals surface area contributed by atoms with E-state index in [0.717, 1.165) is 5.56 Å². The number of carbonyl (C=O) groups is 1. The lowest BCUT2D eigenvalue weighted by Crippen LogP contribution is -2.28. The maximum Gasteiger partial charge on any atom is 0.268 e. The third-order valence-corrected chi connectivity index (χ3v) is 1.47. The summed E-state index contributed by atoms with van der Waals surface area (Å²) in [5.74, 6) is -0.532. The zero-order valence-corrected chi connectivity index (χ0v) is 7.71. The molecule has 0 bridgehead atoms. The number of pyridine rings is 1. The Bertz CT molecular complexity index is 322. The Labute approximate surface area is 81.5 Å². The zero-order chi connectivity index (χ0) is 10.4. The van der Waals surface area contributed by atoms with Crippen molar-refractivity contribution in [1.29, 1.82) is 0 Å². The summed E-state index contributed by atoms with van der Waals surface area (Å²) in [5, 5.41) is 12.5. The van der Waals surface area contributed by atoms with Gasteiger partial charge in [-0.2, -0.15) is 5.10 Å². The van der Waals surface area contributed by atoms with Gasteiger partial charge < -0.3 is 5.11 Å². The first-order chi connectivity index (χ1) is 6.70. The average molecular weight is 193 g/mol. The molecule has 0 aromatic carbocycles. The number of aromatic nitrogens is 1. The molecule has 1 atom stereocenters. The number of carbonyl (C=O) groups excluding carboxylic acids is 1. The van der Waals surface area contributed by atoms with E-state index in [-0.39, 0.29) is 0 Å². The number of nitrogens with one attached hydrogen (secondary N) is 1. The Morgan fingerprint density at radius 1 is 1.64 bits per heavy atom. The SMILES string of the molecule is CC(O)C(=O)NN=Cc1ccncc1. The lowest BCUT2D eigenvalue weighted by molar-refractivity contribution is -0.128. The van der Waals surface area contributed by atoms with Gasteiger partial charge in [0, 0.05) is 12.4 Å². The van der Waals surface area contributed by atoms with Crippen molar-refractivity contribution in [3.05, 3.63) is 30.1 Å². The van der Waals surface area contributed by atoms with Crippen molar-refractivity contribution >= 4 is 12.1 Å². The molecule has 5 nitrogen and oxygen atoms in total. The van der Waals surface area contributed by atoms with Crippen LogP contribution in [0, 0.1) is 0 Å². The summed E-state index contributed by atoms with van der Waals surface area (Å²) in [4.78, 5) is 14.7. The molecule has 0 radical (unpaired) electrons. The van der Waals surface area contributed by atoms with E-state index in [2.05, 4.69) is 15.5 Å². The predicted molar refractivity (Wildman–Crippen MR) is 51.7 cm³/mol. The minimum absolute atomic E-state index is 0.532. The molecule has 1 heterocycles. The first kappa shape index (κ1) is 10.3. The summed E-state index contributed by atoms with van der Waals surface area (Å²) in [6.45, 7) is 1.37. The number of aliphatic hydroxyl groups excluding tert-OH is 1. The van der Waals surface area contributed by atoms with Crippen LogP contribution in [0.15, 0.2) is 29.6 Å². The van der Waals surface area contributed by atoms with Gasteiger partial charge in [0.2, 0.25) is 0 Å². The second-order valence-corrected chi connectivity index (χ2v) is 2.69. The molecule has 0 spiro atoms. The number of hydrazone groups is 1. The molecule has 0 aliphatic heterocycles. The zero-order valence-electron chi connectivity index (χ0n) is 7.71. The minimum atomic E-state index is -1.05. The molecule has 1 aromatic heterocycles. The van der Waals surface area contributed by atoms with Crippen molar-refractivity contribution in [3.63, 3.8) is 0 Å². The van der Waals surface area contributed by atoms with E-state index >= 15 is 0 Å².